The Morgan fingerprint density at radius 3 is 1.61 bits per heavy atom. The summed E-state index contributed by atoms with van der Waals surface area (Å²) >= 11 is 11.8. The highest BCUT2D eigenvalue weighted by Crippen LogP contribution is 2.46. The largest absolute Gasteiger partial charge is 0.573 e. The van der Waals surface area contributed by atoms with Crippen molar-refractivity contribution in [1.82, 2.24) is 63.4 Å². The van der Waals surface area contributed by atoms with Crippen LogP contribution in [-0.2, 0) is 5.54 Å². The fourth-order valence-corrected chi connectivity index (χ4v) is 13.3. The van der Waals surface area contributed by atoms with Gasteiger partial charge in [0.05, 0.1) is 59.7 Å². The smallest absolute Gasteiger partial charge is 0.481 e. The first kappa shape index (κ1) is 63.0. The summed E-state index contributed by atoms with van der Waals surface area (Å²) in [6.45, 7) is 18.8. The molecule has 0 aliphatic heterocycles. The first-order chi connectivity index (χ1) is 42.0. The van der Waals surface area contributed by atoms with E-state index in [2.05, 4.69) is 135 Å². The summed E-state index contributed by atoms with van der Waals surface area (Å²) < 4.78 is 68.7. The van der Waals surface area contributed by atoms with Crippen LogP contribution in [0.5, 0.6) is 11.6 Å². The lowest BCUT2D eigenvalue weighted by Gasteiger charge is -2.43. The molecule has 1 atom stereocenters. The van der Waals surface area contributed by atoms with E-state index in [4.69, 9.17) is 32.4 Å². The van der Waals surface area contributed by atoms with Crippen LogP contribution in [-0.4, -0.2) is 104 Å². The van der Waals surface area contributed by atoms with E-state index >= 15 is 0 Å². The Morgan fingerprint density at radius 1 is 0.591 bits per heavy atom. The molecule has 12 aromatic rings. The molecule has 1 unspecified atom stereocenters. The minimum Gasteiger partial charge on any atom is -0.481 e. The summed E-state index contributed by atoms with van der Waals surface area (Å²) in [7, 11) is 5.69. The van der Waals surface area contributed by atoms with Crippen LogP contribution >= 0.6 is 56.9 Å². The Hall–Kier alpha value is -8.02. The molecule has 0 amide bonds. The SMILES string of the molecule is CC(C)CC(c1nn2c(-c3ccc(F)c(Cl)c3)cnc2s1)(C(C)C)N(N)c1nn2c(-c3cccc(OC(F)(F)F)c3)cnc2s1.CC(C)CNc1nn2c(-c3cccc(N(C)C)c3)cnc2s1.COc1ccc(-c2cnc3sc(NCC(C)C)nn23)cn1. The summed E-state index contributed by atoms with van der Waals surface area (Å²) in [5, 5.41) is 30.2. The quantitative estimate of drug-likeness (QED) is 0.0391. The van der Waals surface area contributed by atoms with Crippen molar-refractivity contribution in [1.29, 1.82) is 0 Å². The van der Waals surface area contributed by atoms with Gasteiger partial charge in [0.2, 0.25) is 41.1 Å². The maximum absolute atomic E-state index is 13.9. The van der Waals surface area contributed by atoms with Gasteiger partial charge in [-0.2, -0.15) is 5.10 Å². The molecule has 0 radical (unpaired) electrons. The number of methoxy groups -OCH3 is 1. The summed E-state index contributed by atoms with van der Waals surface area (Å²) in [5.41, 5.74) is 6.58. The number of hydrogen-bond acceptors (Lipinski definition) is 20. The van der Waals surface area contributed by atoms with E-state index in [1.165, 1.54) is 58.7 Å². The normalized spacial score (nSPS) is 12.6. The van der Waals surface area contributed by atoms with E-state index < -0.39 is 17.7 Å². The highest BCUT2D eigenvalue weighted by molar-refractivity contribution is 7.21. The van der Waals surface area contributed by atoms with Gasteiger partial charge >= 0.3 is 6.36 Å². The third-order valence-electron chi connectivity index (χ3n) is 13.8. The van der Waals surface area contributed by atoms with Crippen LogP contribution in [0, 0.1) is 29.5 Å². The van der Waals surface area contributed by atoms with Crippen molar-refractivity contribution in [2.24, 2.45) is 29.5 Å². The molecule has 0 spiro atoms. The van der Waals surface area contributed by atoms with Gasteiger partial charge in [0, 0.05) is 67.4 Å². The minimum absolute atomic E-state index is 0.00451. The molecule has 3 aromatic carbocycles. The van der Waals surface area contributed by atoms with E-state index in [1.807, 2.05) is 47.7 Å². The number of ether oxygens (including phenoxy) is 2. The molecule has 0 aliphatic carbocycles. The fraction of sp³-hybridized carbons (Fsp3) is 0.339. The van der Waals surface area contributed by atoms with Gasteiger partial charge in [-0.3, -0.25) is 5.01 Å². The van der Waals surface area contributed by atoms with Crippen molar-refractivity contribution in [3.05, 3.63) is 126 Å². The molecule has 0 saturated heterocycles. The number of pyridine rings is 1. The Labute approximate surface area is 525 Å². The van der Waals surface area contributed by atoms with Gasteiger partial charge in [0.15, 0.2) is 0 Å². The number of halogens is 5. The highest BCUT2D eigenvalue weighted by Gasteiger charge is 2.46. The van der Waals surface area contributed by atoms with Gasteiger partial charge in [-0.25, -0.2) is 53.2 Å². The third-order valence-corrected chi connectivity index (χ3v) is 17.9. The Bertz CT molecular complexity index is 4310. The van der Waals surface area contributed by atoms with Crippen LogP contribution in [0.3, 0.4) is 0 Å². The highest BCUT2D eigenvalue weighted by atomic mass is 35.5. The summed E-state index contributed by atoms with van der Waals surface area (Å²) in [6, 6.07) is 22.3. The molecule has 0 fully saturated rings. The van der Waals surface area contributed by atoms with Gasteiger partial charge in [-0.1, -0.05) is 137 Å². The van der Waals surface area contributed by atoms with Crippen molar-refractivity contribution in [2.45, 2.75) is 73.7 Å². The number of imidazole rings is 4. The first-order valence-corrected chi connectivity index (χ1v) is 31.6. The van der Waals surface area contributed by atoms with Crippen LogP contribution < -0.4 is 35.9 Å². The summed E-state index contributed by atoms with van der Waals surface area (Å²) in [4.78, 5) is 27.1. The standard InChI is InChI=1S/C29H27ClF4N8OS2.C16H21N5S.C14H17N5OS/c1-15(2)12-28(16(3)4,24-38-40-23(14-36-25(40)44-24)18-8-9-21(31)20(30)11-18)42(35)27-39-41-22(13-37-26(41)45-27)17-6-5-7-19(10-17)43-29(32,33)34;1-11(2)9-17-15-19-21-14(10-18-16(21)22-15)12-6-5-7-13(8-12)20(3)4;1-9(2)6-16-13-18-19-11(8-17-14(19)21-13)10-4-5-12(20-3)15-7-10/h5-11,13-16H,12,35H2,1-4H3;5-8,10-11H,9H2,1-4H3,(H,17,19);4-5,7-9H,6H2,1-3H3,(H,16,18). The summed E-state index contributed by atoms with van der Waals surface area (Å²) in [6.07, 6.45) is 4.47. The molecule has 0 bridgehead atoms. The van der Waals surface area contributed by atoms with Gasteiger partial charge < -0.3 is 25.0 Å². The first-order valence-electron chi connectivity index (χ1n) is 28.0. The topological polar surface area (TPSA) is 209 Å². The van der Waals surface area contributed by atoms with Crippen molar-refractivity contribution in [3.63, 3.8) is 0 Å². The average Bonchev–Trinajstić information content (AvgIpc) is 2.39. The Kier molecular flexibility index (Phi) is 18.9. The van der Waals surface area contributed by atoms with Crippen molar-refractivity contribution in [2.75, 3.05) is 54.8 Å². The lowest BCUT2D eigenvalue weighted by atomic mass is 9.79. The fourth-order valence-electron chi connectivity index (χ4n) is 9.49. The van der Waals surface area contributed by atoms with Crippen LogP contribution in [0.1, 0.15) is 66.8 Å². The lowest BCUT2D eigenvalue weighted by molar-refractivity contribution is -0.274. The number of anilines is 4. The van der Waals surface area contributed by atoms with Crippen molar-refractivity contribution >= 4 is 97.9 Å². The molecule has 9 aromatic heterocycles. The molecule has 9 heterocycles. The minimum atomic E-state index is -4.82. The number of rotatable bonds is 19. The third kappa shape index (κ3) is 13.8. The molecule has 462 valence electrons. The van der Waals surface area contributed by atoms with E-state index in [9.17, 15) is 17.6 Å². The number of fused-ring (bicyclic) bond motifs is 4. The zero-order chi connectivity index (χ0) is 62.8. The van der Waals surface area contributed by atoms with Crippen molar-refractivity contribution < 1.29 is 27.0 Å². The number of nitrogens with one attached hydrogen (secondary N) is 2. The van der Waals surface area contributed by atoms with E-state index in [1.54, 1.807) is 74.5 Å². The average molecular weight is 1300 g/mol. The second-order valence-corrected chi connectivity index (χ2v) is 26.5. The summed E-state index contributed by atoms with van der Waals surface area (Å²) in [5.74, 6) is 8.04. The maximum Gasteiger partial charge on any atom is 0.573 e. The molecule has 12 rings (SSSR count). The van der Waals surface area contributed by atoms with E-state index in [0.717, 1.165) is 55.8 Å². The van der Waals surface area contributed by atoms with Gasteiger partial charge in [0.1, 0.15) is 22.1 Å². The van der Waals surface area contributed by atoms with Crippen molar-refractivity contribution in [3.8, 4) is 56.7 Å². The molecular weight excluding hydrogens is 1230 g/mol. The van der Waals surface area contributed by atoms with Gasteiger partial charge in [-0.05, 0) is 78.6 Å². The Balaban J connectivity index is 0.000000165. The number of nitrogens with two attached hydrogens (primary N) is 1. The monoisotopic (exact) mass is 1300 g/mol. The number of aromatic nitrogens is 13. The molecule has 0 saturated carbocycles. The molecule has 88 heavy (non-hydrogen) atoms. The zero-order valence-corrected chi connectivity index (χ0v) is 54.0. The van der Waals surface area contributed by atoms with Gasteiger partial charge in [-0.15, -0.1) is 28.5 Å². The number of alkyl halides is 3. The maximum atomic E-state index is 13.9. The van der Waals surface area contributed by atoms with Gasteiger partial charge in [0.25, 0.3) is 0 Å². The molecule has 20 nitrogen and oxygen atoms in total. The second kappa shape index (κ2) is 26.4. The Morgan fingerprint density at radius 2 is 1.10 bits per heavy atom. The van der Waals surface area contributed by atoms with E-state index in [-0.39, 0.29) is 22.6 Å². The zero-order valence-electron chi connectivity index (χ0n) is 49.9. The number of benzene rings is 3. The lowest BCUT2D eigenvalue weighted by Crippen LogP contribution is -2.55. The second-order valence-electron chi connectivity index (χ2n) is 22.3. The number of hydrazine groups is 1. The molecule has 29 heteroatoms. The van der Waals surface area contributed by atoms with Crippen LogP contribution in [0.4, 0.5) is 38.6 Å². The van der Waals surface area contributed by atoms with Crippen LogP contribution in [0.15, 0.2) is 110 Å². The van der Waals surface area contributed by atoms with Crippen LogP contribution in [0.25, 0.3) is 64.9 Å². The predicted molar refractivity (Wildman–Crippen MR) is 345 cm³/mol. The molecule has 0 aliphatic rings. The van der Waals surface area contributed by atoms with Crippen LogP contribution in [0.2, 0.25) is 5.02 Å². The number of hydrogen-bond donors (Lipinski definition) is 3. The predicted octanol–water partition coefficient (Wildman–Crippen LogP) is 14.7. The number of nitrogens with zero attached hydrogens (tertiary/aromatic N) is 15. The molecule has 4 N–H and O–H groups in total. The van der Waals surface area contributed by atoms with E-state index in [0.29, 0.717) is 66.7 Å². The molecular formula is C59H65ClF4N18O2S4.